The van der Waals surface area contributed by atoms with E-state index in [4.69, 9.17) is 9.47 Å². The molecule has 5 nitrogen and oxygen atoms in total. The summed E-state index contributed by atoms with van der Waals surface area (Å²) in [6.07, 6.45) is 0.342. The largest absolute Gasteiger partial charge is 0.492 e. The summed E-state index contributed by atoms with van der Waals surface area (Å²) in [4.78, 5) is 15.0. The SMILES string of the molecule is O=C(CCSc1ccccc1F)NCc1cccc(OCCN2CCOCC2)c1. The number of rotatable bonds is 10. The Labute approximate surface area is 175 Å². The van der Waals surface area contributed by atoms with Crippen LogP contribution in [0.25, 0.3) is 0 Å². The lowest BCUT2D eigenvalue weighted by Crippen LogP contribution is -2.38. The Morgan fingerprint density at radius 2 is 2.00 bits per heavy atom. The Morgan fingerprint density at radius 3 is 2.83 bits per heavy atom. The number of nitrogens with zero attached hydrogens (tertiary/aromatic N) is 1. The molecule has 1 aliphatic rings. The van der Waals surface area contributed by atoms with Gasteiger partial charge in [-0.25, -0.2) is 4.39 Å². The number of hydrogen-bond donors (Lipinski definition) is 1. The molecule has 1 saturated heterocycles. The number of carbonyl (C=O) groups excluding carboxylic acids is 1. The second-order valence-corrected chi connectivity index (χ2v) is 7.89. The second kappa shape index (κ2) is 11.8. The average Bonchev–Trinajstić information content (AvgIpc) is 2.75. The molecule has 0 saturated carbocycles. The van der Waals surface area contributed by atoms with E-state index in [-0.39, 0.29) is 11.7 Å². The molecule has 29 heavy (non-hydrogen) atoms. The van der Waals surface area contributed by atoms with Crippen molar-refractivity contribution in [2.24, 2.45) is 0 Å². The highest BCUT2D eigenvalue weighted by atomic mass is 32.2. The third kappa shape index (κ3) is 7.68. The lowest BCUT2D eigenvalue weighted by atomic mass is 10.2. The van der Waals surface area contributed by atoms with Crippen molar-refractivity contribution < 1.29 is 18.7 Å². The zero-order valence-corrected chi connectivity index (χ0v) is 17.3. The van der Waals surface area contributed by atoms with Gasteiger partial charge in [-0.3, -0.25) is 9.69 Å². The number of amides is 1. The van der Waals surface area contributed by atoms with Gasteiger partial charge in [0.15, 0.2) is 0 Å². The second-order valence-electron chi connectivity index (χ2n) is 6.76. The Balaban J connectivity index is 1.34. The van der Waals surface area contributed by atoms with E-state index >= 15 is 0 Å². The zero-order valence-electron chi connectivity index (χ0n) is 16.4. The number of halogens is 1. The van der Waals surface area contributed by atoms with Gasteiger partial charge >= 0.3 is 0 Å². The van der Waals surface area contributed by atoms with E-state index in [2.05, 4.69) is 10.2 Å². The molecule has 3 rings (SSSR count). The molecule has 0 bridgehead atoms. The fraction of sp³-hybridized carbons (Fsp3) is 0.409. The van der Waals surface area contributed by atoms with Crippen molar-refractivity contribution >= 4 is 17.7 Å². The summed E-state index contributed by atoms with van der Waals surface area (Å²) < 4.78 is 24.8. The number of ether oxygens (including phenoxy) is 2. The molecule has 0 atom stereocenters. The van der Waals surface area contributed by atoms with Crippen molar-refractivity contribution in [1.29, 1.82) is 0 Å². The molecule has 1 heterocycles. The molecule has 1 amide bonds. The smallest absolute Gasteiger partial charge is 0.221 e. The van der Waals surface area contributed by atoms with Gasteiger partial charge in [0.25, 0.3) is 0 Å². The van der Waals surface area contributed by atoms with E-state index in [1.165, 1.54) is 17.8 Å². The number of thioether (sulfide) groups is 1. The molecule has 2 aromatic rings. The third-order valence-corrected chi connectivity index (χ3v) is 5.64. The highest BCUT2D eigenvalue weighted by molar-refractivity contribution is 7.99. The summed E-state index contributed by atoms with van der Waals surface area (Å²) in [5, 5.41) is 2.91. The maximum absolute atomic E-state index is 13.6. The Hall–Kier alpha value is -2.09. The molecule has 0 unspecified atom stereocenters. The first-order chi connectivity index (χ1) is 14.2. The minimum atomic E-state index is -0.247. The van der Waals surface area contributed by atoms with Crippen LogP contribution in [0.5, 0.6) is 5.75 Å². The Bertz CT molecular complexity index is 784. The van der Waals surface area contributed by atoms with E-state index < -0.39 is 0 Å². The lowest BCUT2D eigenvalue weighted by molar-refractivity contribution is -0.120. The minimum absolute atomic E-state index is 0.0486. The molecule has 0 aromatic heterocycles. The van der Waals surface area contributed by atoms with Crippen molar-refractivity contribution in [2.45, 2.75) is 17.9 Å². The van der Waals surface area contributed by atoms with Crippen LogP contribution in [0.15, 0.2) is 53.4 Å². The maximum Gasteiger partial charge on any atom is 0.221 e. The van der Waals surface area contributed by atoms with Crippen LogP contribution in [0.3, 0.4) is 0 Å². The van der Waals surface area contributed by atoms with Crippen molar-refractivity contribution in [3.05, 3.63) is 59.9 Å². The molecule has 1 fully saturated rings. The number of carbonyl (C=O) groups is 1. The predicted octanol–water partition coefficient (Wildman–Crippen LogP) is 3.34. The number of nitrogens with one attached hydrogen (secondary N) is 1. The molecule has 1 N–H and O–H groups in total. The van der Waals surface area contributed by atoms with Gasteiger partial charge in [-0.05, 0) is 29.8 Å². The summed E-state index contributed by atoms with van der Waals surface area (Å²) in [5.74, 6) is 1.05. The van der Waals surface area contributed by atoms with Gasteiger partial charge in [-0.15, -0.1) is 11.8 Å². The fourth-order valence-electron chi connectivity index (χ4n) is 2.97. The van der Waals surface area contributed by atoms with E-state index in [0.29, 0.717) is 30.2 Å². The number of morpholine rings is 1. The van der Waals surface area contributed by atoms with Gasteiger partial charge in [-0.2, -0.15) is 0 Å². The first kappa shape index (κ1) is 21.6. The highest BCUT2D eigenvalue weighted by Crippen LogP contribution is 2.21. The van der Waals surface area contributed by atoms with Gasteiger partial charge in [-0.1, -0.05) is 24.3 Å². The molecule has 0 radical (unpaired) electrons. The lowest BCUT2D eigenvalue weighted by Gasteiger charge is -2.26. The van der Waals surface area contributed by atoms with Crippen LogP contribution in [0.2, 0.25) is 0 Å². The summed E-state index contributed by atoms with van der Waals surface area (Å²) in [5.41, 5.74) is 0.990. The molecular weight excluding hydrogens is 391 g/mol. The molecule has 7 heteroatoms. The van der Waals surface area contributed by atoms with Crippen LogP contribution in [-0.4, -0.2) is 56.0 Å². The molecular formula is C22H27FN2O3S. The van der Waals surface area contributed by atoms with Crippen LogP contribution >= 0.6 is 11.8 Å². The van der Waals surface area contributed by atoms with Gasteiger partial charge in [0, 0.05) is 43.2 Å². The average molecular weight is 419 g/mol. The van der Waals surface area contributed by atoms with Crippen molar-refractivity contribution in [2.75, 3.05) is 45.2 Å². The minimum Gasteiger partial charge on any atom is -0.492 e. The van der Waals surface area contributed by atoms with Crippen LogP contribution in [0, 0.1) is 5.82 Å². The highest BCUT2D eigenvalue weighted by Gasteiger charge is 2.10. The van der Waals surface area contributed by atoms with Gasteiger partial charge in [0.05, 0.1) is 13.2 Å². The monoisotopic (exact) mass is 418 g/mol. The van der Waals surface area contributed by atoms with E-state index in [1.807, 2.05) is 24.3 Å². The number of hydrogen-bond acceptors (Lipinski definition) is 5. The Kier molecular flexibility index (Phi) is 8.80. The summed E-state index contributed by atoms with van der Waals surface area (Å²) in [7, 11) is 0. The quantitative estimate of drug-likeness (QED) is 0.600. The summed E-state index contributed by atoms with van der Waals surface area (Å²) >= 11 is 1.35. The zero-order chi connectivity index (χ0) is 20.3. The molecule has 1 aliphatic heterocycles. The maximum atomic E-state index is 13.6. The summed E-state index contributed by atoms with van der Waals surface area (Å²) in [6, 6.07) is 14.4. The van der Waals surface area contributed by atoms with E-state index in [0.717, 1.165) is 44.2 Å². The topological polar surface area (TPSA) is 50.8 Å². The molecule has 156 valence electrons. The van der Waals surface area contributed by atoms with Crippen molar-refractivity contribution in [3.8, 4) is 5.75 Å². The van der Waals surface area contributed by atoms with Crippen LogP contribution in [0.1, 0.15) is 12.0 Å². The van der Waals surface area contributed by atoms with Crippen LogP contribution < -0.4 is 10.1 Å². The first-order valence-corrected chi connectivity index (χ1v) is 10.8. The normalized spacial score (nSPS) is 14.5. The fourth-order valence-corrected chi connectivity index (χ4v) is 3.86. The standard InChI is InChI=1S/C22H27FN2O3S/c23-20-6-1-2-7-21(20)29-15-8-22(26)24-17-18-4-3-5-19(16-18)28-14-11-25-9-12-27-13-10-25/h1-7,16H,8-15,17H2,(H,24,26). The van der Waals surface area contributed by atoms with Gasteiger partial charge in [0.1, 0.15) is 18.2 Å². The predicted molar refractivity (Wildman–Crippen MR) is 113 cm³/mol. The van der Waals surface area contributed by atoms with Crippen molar-refractivity contribution in [3.63, 3.8) is 0 Å². The van der Waals surface area contributed by atoms with E-state index in [9.17, 15) is 9.18 Å². The third-order valence-electron chi connectivity index (χ3n) is 4.59. The van der Waals surface area contributed by atoms with E-state index in [1.54, 1.807) is 18.2 Å². The van der Waals surface area contributed by atoms with Crippen LogP contribution in [0.4, 0.5) is 4.39 Å². The molecule has 2 aromatic carbocycles. The van der Waals surface area contributed by atoms with Crippen LogP contribution in [-0.2, 0) is 16.1 Å². The molecule has 0 aliphatic carbocycles. The first-order valence-electron chi connectivity index (χ1n) is 9.86. The summed E-state index contributed by atoms with van der Waals surface area (Å²) in [6.45, 7) is 5.42. The molecule has 0 spiro atoms. The number of benzene rings is 2. The van der Waals surface area contributed by atoms with Gasteiger partial charge in [0.2, 0.25) is 5.91 Å². The van der Waals surface area contributed by atoms with Gasteiger partial charge < -0.3 is 14.8 Å². The van der Waals surface area contributed by atoms with Crippen molar-refractivity contribution in [1.82, 2.24) is 10.2 Å². The Morgan fingerprint density at radius 1 is 1.17 bits per heavy atom.